The summed E-state index contributed by atoms with van der Waals surface area (Å²) >= 11 is 0. The van der Waals surface area contributed by atoms with Crippen molar-refractivity contribution in [2.75, 3.05) is 11.4 Å². The number of alkyl halides is 2. The van der Waals surface area contributed by atoms with Gasteiger partial charge >= 0.3 is 5.69 Å². The molecule has 0 spiro atoms. The zero-order valence-corrected chi connectivity index (χ0v) is 13.4. The van der Waals surface area contributed by atoms with Gasteiger partial charge in [-0.05, 0) is 18.4 Å². The Morgan fingerprint density at radius 3 is 2.88 bits per heavy atom. The van der Waals surface area contributed by atoms with Gasteiger partial charge in [0.2, 0.25) is 0 Å². The summed E-state index contributed by atoms with van der Waals surface area (Å²) in [6.07, 6.45) is 4.74. The lowest BCUT2D eigenvalue weighted by molar-refractivity contribution is -0.0204. The molecule has 0 amide bonds. The molecule has 2 N–H and O–H groups in total. The molecule has 3 aromatic heterocycles. The highest BCUT2D eigenvalue weighted by atomic mass is 19.3. The Morgan fingerprint density at radius 1 is 1.31 bits per heavy atom. The first-order valence-electron chi connectivity index (χ1n) is 8.23. The van der Waals surface area contributed by atoms with Crippen LogP contribution in [0.5, 0.6) is 0 Å². The van der Waals surface area contributed by atoms with Gasteiger partial charge in [-0.15, -0.1) is 0 Å². The number of nitrogens with one attached hydrogen (secondary N) is 2. The third kappa shape index (κ3) is 2.11. The summed E-state index contributed by atoms with van der Waals surface area (Å²) in [5.74, 6) is -2.80. The molecule has 2 aliphatic rings. The van der Waals surface area contributed by atoms with E-state index in [0.717, 1.165) is 0 Å². The second-order valence-electron chi connectivity index (χ2n) is 6.83. The highest BCUT2D eigenvalue weighted by Crippen LogP contribution is 2.49. The second-order valence-corrected chi connectivity index (χ2v) is 6.83. The van der Waals surface area contributed by atoms with Gasteiger partial charge in [-0.1, -0.05) is 0 Å². The lowest BCUT2D eigenvalue weighted by atomic mass is 10.1. The molecular weight excluding hydrogens is 346 g/mol. The van der Waals surface area contributed by atoms with Crippen LogP contribution >= 0.6 is 0 Å². The maximum Gasteiger partial charge on any atom is 0.325 e. The van der Waals surface area contributed by atoms with Gasteiger partial charge in [0, 0.05) is 31.6 Å². The molecule has 1 aliphatic heterocycles. The number of fused-ring (bicyclic) bond motifs is 3. The molecule has 8 nitrogen and oxygen atoms in total. The molecule has 1 aliphatic carbocycles. The fourth-order valence-electron chi connectivity index (χ4n) is 4.10. The number of halogens is 2. The van der Waals surface area contributed by atoms with Crippen LogP contribution in [0.1, 0.15) is 12.8 Å². The smallest absolute Gasteiger partial charge is 0.325 e. The molecule has 0 radical (unpaired) electrons. The van der Waals surface area contributed by atoms with E-state index in [1.54, 1.807) is 17.2 Å². The molecular formula is C16H14F2N6O2. The minimum atomic E-state index is -2.74. The van der Waals surface area contributed by atoms with E-state index in [9.17, 15) is 18.4 Å². The van der Waals surface area contributed by atoms with Crippen LogP contribution in [0.25, 0.3) is 16.9 Å². The van der Waals surface area contributed by atoms with Crippen LogP contribution in [0.3, 0.4) is 0 Å². The Balaban J connectivity index is 1.70. The van der Waals surface area contributed by atoms with Crippen molar-refractivity contribution in [3.63, 3.8) is 0 Å². The van der Waals surface area contributed by atoms with Crippen LogP contribution in [0, 0.1) is 5.92 Å². The van der Waals surface area contributed by atoms with Gasteiger partial charge in [0.1, 0.15) is 5.69 Å². The molecule has 134 valence electrons. The topological polar surface area (TPSA) is 99.2 Å². The second kappa shape index (κ2) is 4.99. The van der Waals surface area contributed by atoms with Crippen LogP contribution in [0.2, 0.25) is 0 Å². The number of aromatic amines is 2. The van der Waals surface area contributed by atoms with Gasteiger partial charge in [0.05, 0.1) is 17.3 Å². The lowest BCUT2D eigenvalue weighted by Gasteiger charge is -2.34. The maximum atomic E-state index is 14.3. The standard InChI is InChI=1S/C16H14F2N6O2/c17-16(18)5-8-3-12(16)23(7-8)11-4-10(22-24-2-1-19-13(11)24)9-6-20-15(26)21-14(9)25/h1-2,4,6,8,12H,3,5,7H2,(H2,20,21,25,26). The molecule has 2 fully saturated rings. The molecule has 5 rings (SSSR count). The van der Waals surface area contributed by atoms with Crippen LogP contribution in [0.15, 0.2) is 34.2 Å². The van der Waals surface area contributed by atoms with Crippen LogP contribution < -0.4 is 16.1 Å². The largest absolute Gasteiger partial charge is 0.359 e. The van der Waals surface area contributed by atoms with E-state index in [0.29, 0.717) is 24.3 Å². The number of anilines is 1. The van der Waals surface area contributed by atoms with E-state index in [-0.39, 0.29) is 23.6 Å². The van der Waals surface area contributed by atoms with E-state index >= 15 is 0 Å². The third-order valence-corrected chi connectivity index (χ3v) is 5.18. The van der Waals surface area contributed by atoms with E-state index in [1.807, 2.05) is 0 Å². The Hall–Kier alpha value is -3.04. The zero-order chi connectivity index (χ0) is 18.1. The molecule has 1 saturated heterocycles. The number of imidazole rings is 1. The predicted molar refractivity (Wildman–Crippen MR) is 88.5 cm³/mol. The van der Waals surface area contributed by atoms with Crippen molar-refractivity contribution in [1.82, 2.24) is 24.6 Å². The average Bonchev–Trinajstić information content (AvgIpc) is 3.26. The van der Waals surface area contributed by atoms with E-state index in [4.69, 9.17) is 0 Å². The third-order valence-electron chi connectivity index (χ3n) is 5.18. The van der Waals surface area contributed by atoms with Gasteiger partial charge in [-0.2, -0.15) is 5.10 Å². The number of hydrogen-bond acceptors (Lipinski definition) is 5. The summed E-state index contributed by atoms with van der Waals surface area (Å²) in [5.41, 5.74) is 0.168. The SMILES string of the molecule is O=c1[nH]cc(-c2cc(N3CC4CC3C(F)(F)C4)c3nccn3n2)c(=O)[nH]1. The summed E-state index contributed by atoms with van der Waals surface area (Å²) in [6.45, 7) is 0.522. The molecule has 0 aromatic carbocycles. The van der Waals surface area contributed by atoms with E-state index in [1.165, 1.54) is 16.9 Å². The molecule has 10 heteroatoms. The Kier molecular flexibility index (Phi) is 2.92. The number of aromatic nitrogens is 5. The number of H-pyrrole nitrogens is 2. The Bertz CT molecular complexity index is 1130. The van der Waals surface area contributed by atoms with Crippen LogP contribution in [-0.2, 0) is 0 Å². The van der Waals surface area contributed by atoms with Gasteiger partial charge in [0.15, 0.2) is 5.65 Å². The molecule has 2 atom stereocenters. The number of nitrogens with zero attached hydrogens (tertiary/aromatic N) is 4. The van der Waals surface area contributed by atoms with Crippen LogP contribution in [-0.4, -0.2) is 43.1 Å². The molecule has 2 unspecified atom stereocenters. The predicted octanol–water partition coefficient (Wildman–Crippen LogP) is 1.01. The fourth-order valence-corrected chi connectivity index (χ4v) is 4.10. The first-order chi connectivity index (χ1) is 12.4. The van der Waals surface area contributed by atoms with Crippen molar-refractivity contribution >= 4 is 11.3 Å². The summed E-state index contributed by atoms with van der Waals surface area (Å²) in [5, 5.41) is 4.32. The molecule has 3 aromatic rings. The van der Waals surface area contributed by atoms with Crippen molar-refractivity contribution in [2.24, 2.45) is 5.92 Å². The Morgan fingerprint density at radius 2 is 2.15 bits per heavy atom. The number of piperidine rings is 1. The van der Waals surface area contributed by atoms with Crippen molar-refractivity contribution in [2.45, 2.75) is 24.8 Å². The average molecular weight is 360 g/mol. The highest BCUT2D eigenvalue weighted by Gasteiger charge is 2.57. The minimum absolute atomic E-state index is 0.0573. The normalized spacial score (nSPS) is 23.8. The summed E-state index contributed by atoms with van der Waals surface area (Å²) in [4.78, 5) is 33.8. The van der Waals surface area contributed by atoms with Gasteiger partial charge < -0.3 is 9.88 Å². The molecule has 4 heterocycles. The van der Waals surface area contributed by atoms with E-state index in [2.05, 4.69) is 20.1 Å². The van der Waals surface area contributed by atoms with Gasteiger partial charge in [0.25, 0.3) is 11.5 Å². The Labute approximate surface area is 144 Å². The molecule has 26 heavy (non-hydrogen) atoms. The van der Waals surface area contributed by atoms with Gasteiger partial charge in [-0.25, -0.2) is 23.1 Å². The van der Waals surface area contributed by atoms with Crippen molar-refractivity contribution in [1.29, 1.82) is 0 Å². The van der Waals surface area contributed by atoms with E-state index < -0.39 is 23.2 Å². The summed E-state index contributed by atoms with van der Waals surface area (Å²) < 4.78 is 30.0. The monoisotopic (exact) mass is 360 g/mol. The maximum absolute atomic E-state index is 14.3. The first kappa shape index (κ1) is 15.2. The zero-order valence-electron chi connectivity index (χ0n) is 13.4. The molecule has 2 bridgehead atoms. The van der Waals surface area contributed by atoms with Crippen molar-refractivity contribution in [3.8, 4) is 11.3 Å². The van der Waals surface area contributed by atoms with Crippen molar-refractivity contribution in [3.05, 3.63) is 45.5 Å². The lowest BCUT2D eigenvalue weighted by Crippen LogP contribution is -2.45. The quantitative estimate of drug-likeness (QED) is 0.711. The summed E-state index contributed by atoms with van der Waals surface area (Å²) in [6, 6.07) is 0.708. The highest BCUT2D eigenvalue weighted by molar-refractivity contribution is 5.75. The minimum Gasteiger partial charge on any atom is -0.359 e. The fraction of sp³-hybridized carbons (Fsp3) is 0.375. The number of rotatable bonds is 2. The van der Waals surface area contributed by atoms with Crippen LogP contribution in [0.4, 0.5) is 14.5 Å². The number of hydrogen-bond donors (Lipinski definition) is 2. The first-order valence-corrected chi connectivity index (χ1v) is 8.23. The van der Waals surface area contributed by atoms with Gasteiger partial charge in [-0.3, -0.25) is 9.78 Å². The summed E-state index contributed by atoms with van der Waals surface area (Å²) in [7, 11) is 0. The van der Waals surface area contributed by atoms with Crippen molar-refractivity contribution < 1.29 is 8.78 Å². The molecule has 1 saturated carbocycles.